The van der Waals surface area contributed by atoms with Gasteiger partial charge in [-0.3, -0.25) is 10.1 Å². The predicted molar refractivity (Wildman–Crippen MR) is 138 cm³/mol. The van der Waals surface area contributed by atoms with Gasteiger partial charge in [-0.25, -0.2) is 0 Å². The van der Waals surface area contributed by atoms with Gasteiger partial charge >= 0.3 is 0 Å². The smallest absolute Gasteiger partial charge is 0.255 e. The Kier molecular flexibility index (Phi) is 11.5. The summed E-state index contributed by atoms with van der Waals surface area (Å²) >= 11 is 0. The Morgan fingerprint density at radius 1 is 1.14 bits per heavy atom. The fourth-order valence-corrected chi connectivity index (χ4v) is 5.71. The molecule has 1 aliphatic carbocycles. The van der Waals surface area contributed by atoms with Crippen LogP contribution in [-0.2, 0) is 9.47 Å². The number of ether oxygens (including phenoxy) is 2. The summed E-state index contributed by atoms with van der Waals surface area (Å²) in [5.41, 5.74) is 14.9. The maximum Gasteiger partial charge on any atom is 0.255 e. The van der Waals surface area contributed by atoms with E-state index in [9.17, 15) is 10.1 Å². The van der Waals surface area contributed by atoms with Crippen molar-refractivity contribution in [2.75, 3.05) is 33.4 Å². The van der Waals surface area contributed by atoms with E-state index in [-0.39, 0.29) is 23.0 Å². The third-order valence-electron chi connectivity index (χ3n) is 7.54. The van der Waals surface area contributed by atoms with Crippen molar-refractivity contribution >= 4 is 0 Å². The van der Waals surface area contributed by atoms with Crippen LogP contribution in [0.3, 0.4) is 0 Å². The molecule has 35 heavy (non-hydrogen) atoms. The molecule has 2 fully saturated rings. The molecule has 0 radical (unpaired) electrons. The first-order valence-corrected chi connectivity index (χ1v) is 13.3. The Morgan fingerprint density at radius 3 is 2.57 bits per heavy atom. The van der Waals surface area contributed by atoms with Crippen LogP contribution in [0.25, 0.3) is 0 Å². The second-order valence-electron chi connectivity index (χ2n) is 10.2. The second kappa shape index (κ2) is 14.5. The van der Waals surface area contributed by atoms with E-state index in [1.807, 2.05) is 18.2 Å². The molecule has 3 rings (SSSR count). The summed E-state index contributed by atoms with van der Waals surface area (Å²) in [6.45, 7) is 2.66. The number of methoxy groups -OCH3 is 1. The third-order valence-corrected chi connectivity index (χ3v) is 7.54. The number of hydrogen-bond acceptors (Lipinski definition) is 7. The molecule has 0 bridgehead atoms. The molecule has 1 heterocycles. The van der Waals surface area contributed by atoms with Gasteiger partial charge in [0.15, 0.2) is 0 Å². The summed E-state index contributed by atoms with van der Waals surface area (Å²) in [6.07, 6.45) is 10.7. The molecule has 196 valence electrons. The van der Waals surface area contributed by atoms with Gasteiger partial charge in [0.05, 0.1) is 17.1 Å². The Bertz CT molecular complexity index is 785. The van der Waals surface area contributed by atoms with Crippen LogP contribution >= 0.6 is 0 Å². The van der Waals surface area contributed by atoms with Gasteiger partial charge in [-0.05, 0) is 37.2 Å². The summed E-state index contributed by atoms with van der Waals surface area (Å²) in [7, 11) is 1.69. The topological polar surface area (TPSA) is 117 Å². The highest BCUT2D eigenvalue weighted by atomic mass is 16.6. The summed E-state index contributed by atoms with van der Waals surface area (Å²) in [6, 6.07) is 9.40. The van der Waals surface area contributed by atoms with Crippen LogP contribution < -0.4 is 11.5 Å². The van der Waals surface area contributed by atoms with Gasteiger partial charge < -0.3 is 25.8 Å². The summed E-state index contributed by atoms with van der Waals surface area (Å²) < 4.78 is 11.5. The van der Waals surface area contributed by atoms with Gasteiger partial charge in [-0.15, -0.1) is 0 Å². The SMILES string of the molecule is COCCCOC(c1ccccc1)C1CCCN(C(=C[N+](=O)[O-])C(N)C(N)CC2CCCCC2)C1. The largest absolute Gasteiger partial charge is 0.385 e. The molecule has 2 aliphatic rings. The Balaban J connectivity index is 1.73. The molecule has 0 aromatic heterocycles. The van der Waals surface area contributed by atoms with Crippen molar-refractivity contribution < 1.29 is 14.4 Å². The number of hydrogen-bond donors (Lipinski definition) is 2. The monoisotopic (exact) mass is 488 g/mol. The van der Waals surface area contributed by atoms with Crippen molar-refractivity contribution in [3.05, 3.63) is 57.9 Å². The molecular weight excluding hydrogens is 444 g/mol. The average molecular weight is 489 g/mol. The molecule has 8 heteroatoms. The van der Waals surface area contributed by atoms with E-state index in [0.29, 0.717) is 31.4 Å². The van der Waals surface area contributed by atoms with E-state index in [0.717, 1.165) is 44.0 Å². The van der Waals surface area contributed by atoms with E-state index >= 15 is 0 Å². The van der Waals surface area contributed by atoms with Gasteiger partial charge in [0.25, 0.3) is 6.20 Å². The lowest BCUT2D eigenvalue weighted by Crippen LogP contribution is -2.50. The third kappa shape index (κ3) is 8.56. The molecule has 1 saturated heterocycles. The van der Waals surface area contributed by atoms with Gasteiger partial charge in [0.2, 0.25) is 0 Å². The molecular formula is C27H44N4O4. The lowest BCUT2D eigenvalue weighted by Gasteiger charge is -2.41. The standard InChI is InChI=1S/C27H44N4O4/c1-34-16-9-17-35-27(22-12-6-3-7-13-22)23-14-8-15-30(19-23)25(20-31(32)33)26(29)24(28)18-21-10-4-2-5-11-21/h3,6-7,12-13,20-21,23-24,26-27H,2,4-5,8-11,14-19,28-29H2,1H3. The van der Waals surface area contributed by atoms with E-state index in [2.05, 4.69) is 17.0 Å². The minimum Gasteiger partial charge on any atom is -0.385 e. The van der Waals surface area contributed by atoms with E-state index < -0.39 is 6.04 Å². The Hall–Kier alpha value is -2.00. The molecule has 8 nitrogen and oxygen atoms in total. The molecule has 1 aliphatic heterocycles. The first-order chi connectivity index (χ1) is 17.0. The molecule has 4 unspecified atom stereocenters. The lowest BCUT2D eigenvalue weighted by molar-refractivity contribution is -0.404. The quantitative estimate of drug-likeness (QED) is 0.242. The number of nitrogens with zero attached hydrogens (tertiary/aromatic N) is 2. The molecule has 4 atom stereocenters. The van der Waals surface area contributed by atoms with E-state index in [1.165, 1.54) is 32.1 Å². The van der Waals surface area contributed by atoms with Crippen LogP contribution in [0.2, 0.25) is 0 Å². The highest BCUT2D eigenvalue weighted by Crippen LogP contribution is 2.35. The first-order valence-electron chi connectivity index (χ1n) is 13.3. The molecule has 0 spiro atoms. The van der Waals surface area contributed by atoms with E-state index in [4.69, 9.17) is 20.9 Å². The van der Waals surface area contributed by atoms with Crippen molar-refractivity contribution in [3.63, 3.8) is 0 Å². The maximum absolute atomic E-state index is 11.6. The van der Waals surface area contributed by atoms with Crippen LogP contribution in [0.4, 0.5) is 0 Å². The van der Waals surface area contributed by atoms with Crippen LogP contribution in [0, 0.1) is 22.0 Å². The molecule has 1 aromatic carbocycles. The van der Waals surface area contributed by atoms with Gasteiger partial charge in [-0.2, -0.15) is 0 Å². The second-order valence-corrected chi connectivity index (χ2v) is 10.2. The van der Waals surface area contributed by atoms with Crippen molar-refractivity contribution in [2.45, 2.75) is 76.0 Å². The molecule has 1 aromatic rings. The molecule has 1 saturated carbocycles. The summed E-state index contributed by atoms with van der Waals surface area (Å²) in [5.74, 6) is 0.768. The minimum atomic E-state index is -0.557. The highest BCUT2D eigenvalue weighted by molar-refractivity contribution is 5.19. The zero-order chi connectivity index (χ0) is 25.0. The number of benzene rings is 1. The first kappa shape index (κ1) is 27.6. The molecule has 4 N–H and O–H groups in total. The van der Waals surface area contributed by atoms with Crippen LogP contribution in [0.15, 0.2) is 42.2 Å². The van der Waals surface area contributed by atoms with E-state index in [1.54, 1.807) is 7.11 Å². The summed E-state index contributed by atoms with van der Waals surface area (Å²) in [5, 5.41) is 11.6. The Morgan fingerprint density at radius 2 is 1.89 bits per heavy atom. The predicted octanol–water partition coefficient (Wildman–Crippen LogP) is 4.24. The number of nitrogens with two attached hydrogens (primary N) is 2. The fourth-order valence-electron chi connectivity index (χ4n) is 5.71. The summed E-state index contributed by atoms with van der Waals surface area (Å²) in [4.78, 5) is 13.3. The highest BCUT2D eigenvalue weighted by Gasteiger charge is 2.34. The van der Waals surface area contributed by atoms with Crippen molar-refractivity contribution in [2.24, 2.45) is 23.3 Å². The zero-order valence-electron chi connectivity index (χ0n) is 21.2. The number of rotatable bonds is 13. The van der Waals surface area contributed by atoms with Crippen LogP contribution in [0.5, 0.6) is 0 Å². The van der Waals surface area contributed by atoms with Crippen molar-refractivity contribution in [3.8, 4) is 0 Å². The van der Waals surface area contributed by atoms with Crippen LogP contribution in [-0.4, -0.2) is 55.3 Å². The van der Waals surface area contributed by atoms with Crippen LogP contribution in [0.1, 0.15) is 69.5 Å². The fraction of sp³-hybridized carbons (Fsp3) is 0.704. The average Bonchev–Trinajstić information content (AvgIpc) is 2.88. The zero-order valence-corrected chi connectivity index (χ0v) is 21.2. The normalized spacial score (nSPS) is 22.5. The van der Waals surface area contributed by atoms with Gasteiger partial charge in [0.1, 0.15) is 5.70 Å². The number of piperidine rings is 1. The van der Waals surface area contributed by atoms with Gasteiger partial charge in [-0.1, -0.05) is 62.4 Å². The lowest BCUT2D eigenvalue weighted by atomic mass is 9.82. The Labute approximate surface area is 210 Å². The van der Waals surface area contributed by atoms with Crippen molar-refractivity contribution in [1.29, 1.82) is 0 Å². The van der Waals surface area contributed by atoms with Gasteiger partial charge in [0, 0.05) is 45.4 Å². The molecule has 0 amide bonds. The minimum absolute atomic E-state index is 0.0835. The number of nitro groups is 1. The van der Waals surface area contributed by atoms with Crippen molar-refractivity contribution in [1.82, 2.24) is 4.90 Å². The number of likely N-dealkylation sites (tertiary alicyclic amines) is 1. The maximum atomic E-state index is 11.6.